The van der Waals surface area contributed by atoms with Gasteiger partial charge in [0.05, 0.1) is 10.7 Å². The lowest BCUT2D eigenvalue weighted by Gasteiger charge is -2.19. The number of nitrogens with one attached hydrogen (secondary N) is 1. The Bertz CT molecular complexity index is 438. The minimum atomic E-state index is 0.553. The third kappa shape index (κ3) is 2.59. The molecule has 0 saturated heterocycles. The van der Waals surface area contributed by atoms with E-state index in [0.29, 0.717) is 5.92 Å². The van der Waals surface area contributed by atoms with E-state index in [1.165, 1.54) is 41.3 Å². The van der Waals surface area contributed by atoms with Crippen LogP contribution in [0.1, 0.15) is 73.9 Å². The smallest absolute Gasteiger partial charge is 0.0965 e. The van der Waals surface area contributed by atoms with Gasteiger partial charge in [0, 0.05) is 17.3 Å². The van der Waals surface area contributed by atoms with Gasteiger partial charge in [-0.2, -0.15) is 0 Å². The fourth-order valence-electron chi connectivity index (χ4n) is 3.90. The summed E-state index contributed by atoms with van der Waals surface area (Å²) in [7, 11) is 0. The molecule has 1 aromatic rings. The largest absolute Gasteiger partial charge is 0.312 e. The molecule has 106 valence electrons. The summed E-state index contributed by atoms with van der Waals surface area (Å²) >= 11 is 1.99. The van der Waals surface area contributed by atoms with Gasteiger partial charge < -0.3 is 5.32 Å². The van der Waals surface area contributed by atoms with Gasteiger partial charge in [-0.25, -0.2) is 4.98 Å². The zero-order chi connectivity index (χ0) is 13.4. The fraction of sp³-hybridized carbons (Fsp3) is 0.812. The molecule has 3 heteroatoms. The van der Waals surface area contributed by atoms with Gasteiger partial charge in [-0.15, -0.1) is 11.3 Å². The number of aromatic nitrogens is 1. The molecule has 3 atom stereocenters. The second-order valence-electron chi connectivity index (χ2n) is 6.58. The van der Waals surface area contributed by atoms with Crippen LogP contribution in [0, 0.1) is 11.8 Å². The van der Waals surface area contributed by atoms with Crippen LogP contribution in [0.5, 0.6) is 0 Å². The minimum Gasteiger partial charge on any atom is -0.312 e. The second kappa shape index (κ2) is 5.53. The van der Waals surface area contributed by atoms with E-state index in [4.69, 9.17) is 4.98 Å². The number of hydrogen-bond acceptors (Lipinski definition) is 3. The first-order chi connectivity index (χ1) is 9.19. The molecule has 19 heavy (non-hydrogen) atoms. The first kappa shape index (κ1) is 13.6. The highest BCUT2D eigenvalue weighted by Crippen LogP contribution is 2.53. The zero-order valence-corrected chi connectivity index (χ0v) is 13.2. The molecule has 0 amide bonds. The van der Waals surface area contributed by atoms with Gasteiger partial charge in [0.25, 0.3) is 0 Å². The highest BCUT2D eigenvalue weighted by atomic mass is 32.1. The molecule has 2 fully saturated rings. The van der Waals surface area contributed by atoms with Crippen molar-refractivity contribution in [3.05, 3.63) is 15.6 Å². The quantitative estimate of drug-likeness (QED) is 0.869. The van der Waals surface area contributed by atoms with Crippen LogP contribution in [0.25, 0.3) is 0 Å². The molecule has 0 radical (unpaired) electrons. The van der Waals surface area contributed by atoms with E-state index in [2.05, 4.69) is 26.1 Å². The lowest BCUT2D eigenvalue weighted by molar-refractivity contribution is 0.418. The third-order valence-electron chi connectivity index (χ3n) is 4.88. The van der Waals surface area contributed by atoms with Crippen LogP contribution in [-0.2, 0) is 6.54 Å². The van der Waals surface area contributed by atoms with Crippen molar-refractivity contribution in [2.24, 2.45) is 11.8 Å². The van der Waals surface area contributed by atoms with Crippen molar-refractivity contribution >= 4 is 11.3 Å². The summed E-state index contributed by atoms with van der Waals surface area (Å²) in [5.41, 5.74) is 1.35. The number of hydrogen-bond donors (Lipinski definition) is 1. The Morgan fingerprint density at radius 2 is 2.16 bits per heavy atom. The van der Waals surface area contributed by atoms with Gasteiger partial charge >= 0.3 is 0 Å². The topological polar surface area (TPSA) is 24.9 Å². The molecule has 2 aliphatic carbocycles. The maximum atomic E-state index is 5.04. The number of rotatable bonds is 5. The van der Waals surface area contributed by atoms with Gasteiger partial charge in [-0.05, 0) is 43.6 Å². The molecule has 0 aliphatic heterocycles. The second-order valence-corrected chi connectivity index (χ2v) is 7.69. The highest BCUT2D eigenvalue weighted by molar-refractivity contribution is 7.11. The summed E-state index contributed by atoms with van der Waals surface area (Å²) in [6, 6.07) is 0. The molecule has 2 aliphatic rings. The van der Waals surface area contributed by atoms with E-state index in [1.807, 2.05) is 11.3 Å². The van der Waals surface area contributed by atoms with Crippen molar-refractivity contribution in [2.75, 3.05) is 6.54 Å². The molecular formula is C16H26N2S. The van der Waals surface area contributed by atoms with Crippen molar-refractivity contribution < 1.29 is 0 Å². The van der Waals surface area contributed by atoms with Crippen LogP contribution in [0.15, 0.2) is 0 Å². The molecule has 0 spiro atoms. The van der Waals surface area contributed by atoms with Crippen LogP contribution in [-0.4, -0.2) is 11.5 Å². The molecule has 3 unspecified atom stereocenters. The van der Waals surface area contributed by atoms with Crippen molar-refractivity contribution in [2.45, 2.75) is 64.8 Å². The molecule has 0 aromatic carbocycles. The predicted octanol–water partition coefficient (Wildman–Crippen LogP) is 4.28. The highest BCUT2D eigenvalue weighted by Gasteiger charge is 2.41. The Hall–Kier alpha value is -0.410. The van der Waals surface area contributed by atoms with E-state index >= 15 is 0 Å². The number of nitrogens with zero attached hydrogens (tertiary/aromatic N) is 1. The van der Waals surface area contributed by atoms with Gasteiger partial charge in [0.1, 0.15) is 0 Å². The number of thiazole rings is 1. The molecule has 2 nitrogen and oxygen atoms in total. The lowest BCUT2D eigenvalue weighted by atomic mass is 9.89. The van der Waals surface area contributed by atoms with Crippen LogP contribution in [0.4, 0.5) is 0 Å². The first-order valence-corrected chi connectivity index (χ1v) is 8.70. The number of fused-ring (bicyclic) bond motifs is 2. The van der Waals surface area contributed by atoms with Gasteiger partial charge in [0.15, 0.2) is 0 Å². The van der Waals surface area contributed by atoms with Crippen LogP contribution >= 0.6 is 11.3 Å². The zero-order valence-electron chi connectivity index (χ0n) is 12.4. The Balaban J connectivity index is 1.82. The van der Waals surface area contributed by atoms with Crippen LogP contribution < -0.4 is 5.32 Å². The average molecular weight is 278 g/mol. The van der Waals surface area contributed by atoms with Crippen molar-refractivity contribution in [3.63, 3.8) is 0 Å². The third-order valence-corrected chi connectivity index (χ3v) is 6.08. The van der Waals surface area contributed by atoms with Gasteiger partial charge in [0.2, 0.25) is 0 Å². The summed E-state index contributed by atoms with van der Waals surface area (Å²) in [4.78, 5) is 6.52. The maximum absolute atomic E-state index is 5.04. The monoisotopic (exact) mass is 278 g/mol. The normalized spacial score (nSPS) is 29.6. The molecule has 2 bridgehead atoms. The standard InChI is InChI=1S/C16H26N2S/c1-4-17-9-14-15(10(2)3)18-16(19-14)13-8-11-5-6-12(13)7-11/h10-13,17H,4-9H2,1-3H3. The van der Waals surface area contributed by atoms with E-state index in [-0.39, 0.29) is 0 Å². The van der Waals surface area contributed by atoms with Crippen molar-refractivity contribution in [1.29, 1.82) is 0 Å². The summed E-state index contributed by atoms with van der Waals surface area (Å²) in [6.07, 6.45) is 5.82. The van der Waals surface area contributed by atoms with Crippen LogP contribution in [0.2, 0.25) is 0 Å². The summed E-state index contributed by atoms with van der Waals surface area (Å²) < 4.78 is 0. The molecule has 1 aromatic heterocycles. The summed E-state index contributed by atoms with van der Waals surface area (Å²) in [5.74, 6) is 3.30. The Kier molecular flexibility index (Phi) is 3.95. The molecular weight excluding hydrogens is 252 g/mol. The molecule has 1 N–H and O–H groups in total. The van der Waals surface area contributed by atoms with Crippen molar-refractivity contribution in [1.82, 2.24) is 10.3 Å². The molecule has 2 saturated carbocycles. The Morgan fingerprint density at radius 3 is 2.74 bits per heavy atom. The SMILES string of the molecule is CCNCc1sc(C2CC3CCC2C3)nc1C(C)C. The summed E-state index contributed by atoms with van der Waals surface area (Å²) in [5, 5.41) is 4.92. The molecule has 3 rings (SSSR count). The Labute approximate surface area is 121 Å². The van der Waals surface area contributed by atoms with Gasteiger partial charge in [-0.1, -0.05) is 27.2 Å². The lowest BCUT2D eigenvalue weighted by Crippen LogP contribution is -2.12. The van der Waals surface area contributed by atoms with Crippen molar-refractivity contribution in [3.8, 4) is 0 Å². The van der Waals surface area contributed by atoms with E-state index in [9.17, 15) is 0 Å². The van der Waals surface area contributed by atoms with E-state index < -0.39 is 0 Å². The van der Waals surface area contributed by atoms with Gasteiger partial charge in [-0.3, -0.25) is 0 Å². The fourth-order valence-corrected chi connectivity index (χ4v) is 5.30. The average Bonchev–Trinajstić information content (AvgIpc) is 3.09. The first-order valence-electron chi connectivity index (χ1n) is 7.89. The minimum absolute atomic E-state index is 0.553. The predicted molar refractivity (Wildman–Crippen MR) is 81.8 cm³/mol. The molecule has 1 heterocycles. The van der Waals surface area contributed by atoms with Crippen LogP contribution in [0.3, 0.4) is 0 Å². The summed E-state index contributed by atoms with van der Waals surface area (Å²) in [6.45, 7) is 8.76. The Morgan fingerprint density at radius 1 is 1.32 bits per heavy atom. The van der Waals surface area contributed by atoms with E-state index in [1.54, 1.807) is 0 Å². The maximum Gasteiger partial charge on any atom is 0.0965 e. The van der Waals surface area contributed by atoms with E-state index in [0.717, 1.165) is 30.8 Å².